The first-order chi connectivity index (χ1) is 9.40. The van der Waals surface area contributed by atoms with Crippen LogP contribution in [0, 0.1) is 6.92 Å². The van der Waals surface area contributed by atoms with Gasteiger partial charge in [-0.2, -0.15) is 9.78 Å². The van der Waals surface area contributed by atoms with Crippen LogP contribution in [0.3, 0.4) is 0 Å². The average molecular weight is 273 g/mol. The Bertz CT molecular complexity index is 703. The summed E-state index contributed by atoms with van der Waals surface area (Å²) in [5, 5.41) is 13.3. The topological polar surface area (TPSA) is 85.1 Å². The third-order valence-electron chi connectivity index (χ3n) is 2.87. The molecular formula is C14H15N3O3. The molecule has 0 fully saturated rings. The van der Waals surface area contributed by atoms with Crippen molar-refractivity contribution in [3.8, 4) is 5.82 Å². The van der Waals surface area contributed by atoms with Crippen molar-refractivity contribution in [1.29, 1.82) is 0 Å². The summed E-state index contributed by atoms with van der Waals surface area (Å²) in [6.45, 7) is 5.64. The number of carbonyl (C=O) groups is 1. The lowest BCUT2D eigenvalue weighted by Gasteiger charge is -2.10. The predicted molar refractivity (Wildman–Crippen MR) is 73.4 cm³/mol. The number of carboxylic acids is 1. The Labute approximate surface area is 115 Å². The maximum absolute atomic E-state index is 12.2. The van der Waals surface area contributed by atoms with E-state index in [0.717, 1.165) is 10.2 Å². The fraction of sp³-hybridized carbons (Fsp3) is 0.286. The fourth-order valence-corrected chi connectivity index (χ4v) is 1.69. The molecule has 0 aliphatic rings. The minimum absolute atomic E-state index is 0.00500. The monoisotopic (exact) mass is 273 g/mol. The van der Waals surface area contributed by atoms with Gasteiger partial charge in [0.25, 0.3) is 5.56 Å². The Morgan fingerprint density at radius 1 is 1.35 bits per heavy atom. The van der Waals surface area contributed by atoms with E-state index in [2.05, 4.69) is 10.1 Å². The molecule has 2 rings (SSSR count). The lowest BCUT2D eigenvalue weighted by molar-refractivity contribution is 0.0694. The third kappa shape index (κ3) is 2.59. The van der Waals surface area contributed by atoms with Crippen molar-refractivity contribution < 1.29 is 9.90 Å². The van der Waals surface area contributed by atoms with Gasteiger partial charge in [0.15, 0.2) is 5.82 Å². The van der Waals surface area contributed by atoms with E-state index >= 15 is 0 Å². The van der Waals surface area contributed by atoms with Gasteiger partial charge < -0.3 is 5.11 Å². The number of hydrogen-bond acceptors (Lipinski definition) is 4. The summed E-state index contributed by atoms with van der Waals surface area (Å²) in [5.41, 5.74) is 0.494. The number of rotatable bonds is 3. The van der Waals surface area contributed by atoms with Crippen LogP contribution in [-0.4, -0.2) is 25.8 Å². The highest BCUT2D eigenvalue weighted by atomic mass is 16.4. The van der Waals surface area contributed by atoms with E-state index < -0.39 is 11.5 Å². The van der Waals surface area contributed by atoms with E-state index in [1.165, 1.54) is 6.07 Å². The van der Waals surface area contributed by atoms with E-state index in [9.17, 15) is 9.59 Å². The molecule has 0 spiro atoms. The number of hydrogen-bond donors (Lipinski definition) is 1. The number of carboxylic acid groups (broad SMARTS) is 1. The highest BCUT2D eigenvalue weighted by Gasteiger charge is 2.17. The summed E-state index contributed by atoms with van der Waals surface area (Å²) in [6.07, 6.45) is 1.60. The number of nitrogens with zero attached hydrogens (tertiary/aromatic N) is 3. The van der Waals surface area contributed by atoms with Gasteiger partial charge in [0.2, 0.25) is 0 Å². The van der Waals surface area contributed by atoms with Crippen LogP contribution in [0.4, 0.5) is 0 Å². The molecule has 104 valence electrons. The van der Waals surface area contributed by atoms with E-state index in [0.29, 0.717) is 11.5 Å². The second kappa shape index (κ2) is 5.24. The molecule has 2 heterocycles. The largest absolute Gasteiger partial charge is 0.477 e. The molecule has 0 aliphatic carbocycles. The normalized spacial score (nSPS) is 10.8. The van der Waals surface area contributed by atoms with Gasteiger partial charge in [-0.1, -0.05) is 19.9 Å². The van der Waals surface area contributed by atoms with E-state index in [1.807, 2.05) is 20.8 Å². The molecule has 1 N–H and O–H groups in total. The number of pyridine rings is 1. The molecule has 2 aromatic heterocycles. The number of aromatic nitrogens is 3. The van der Waals surface area contributed by atoms with E-state index in [4.69, 9.17) is 5.11 Å². The van der Waals surface area contributed by atoms with Crippen LogP contribution in [0.5, 0.6) is 0 Å². The summed E-state index contributed by atoms with van der Waals surface area (Å²) >= 11 is 0. The number of aryl methyl sites for hydroxylation is 1. The SMILES string of the molecule is Cc1ccc(-n2nc(C(C)C)cc(C(=O)O)c2=O)nc1. The van der Waals surface area contributed by atoms with Crippen molar-refractivity contribution >= 4 is 5.97 Å². The van der Waals surface area contributed by atoms with Gasteiger partial charge in [0.05, 0.1) is 5.69 Å². The maximum Gasteiger partial charge on any atom is 0.341 e. The van der Waals surface area contributed by atoms with Crippen molar-refractivity contribution in [3.63, 3.8) is 0 Å². The van der Waals surface area contributed by atoms with Crippen LogP contribution in [0.1, 0.15) is 41.4 Å². The van der Waals surface area contributed by atoms with Crippen molar-refractivity contribution in [3.05, 3.63) is 51.6 Å². The van der Waals surface area contributed by atoms with E-state index in [1.54, 1.807) is 18.3 Å². The Hall–Kier alpha value is -2.50. The highest BCUT2D eigenvalue weighted by molar-refractivity contribution is 5.87. The molecule has 0 radical (unpaired) electrons. The third-order valence-corrected chi connectivity index (χ3v) is 2.87. The zero-order valence-electron chi connectivity index (χ0n) is 11.5. The van der Waals surface area contributed by atoms with Gasteiger partial charge in [0, 0.05) is 6.20 Å². The minimum atomic E-state index is -1.26. The zero-order valence-corrected chi connectivity index (χ0v) is 11.5. The van der Waals surface area contributed by atoms with E-state index in [-0.39, 0.29) is 11.5 Å². The molecule has 2 aromatic rings. The molecule has 6 nitrogen and oxygen atoms in total. The fourth-order valence-electron chi connectivity index (χ4n) is 1.69. The van der Waals surface area contributed by atoms with Crippen LogP contribution in [-0.2, 0) is 0 Å². The van der Waals surface area contributed by atoms with Gasteiger partial charge in [0.1, 0.15) is 5.56 Å². The van der Waals surface area contributed by atoms with Crippen molar-refractivity contribution in [2.75, 3.05) is 0 Å². The van der Waals surface area contributed by atoms with Crippen molar-refractivity contribution in [2.45, 2.75) is 26.7 Å². The second-order valence-corrected chi connectivity index (χ2v) is 4.85. The number of aromatic carboxylic acids is 1. The van der Waals surface area contributed by atoms with Crippen LogP contribution >= 0.6 is 0 Å². The first-order valence-electron chi connectivity index (χ1n) is 6.20. The quantitative estimate of drug-likeness (QED) is 0.921. The molecular weight excluding hydrogens is 258 g/mol. The first-order valence-corrected chi connectivity index (χ1v) is 6.20. The molecule has 0 bridgehead atoms. The minimum Gasteiger partial charge on any atom is -0.477 e. The molecule has 6 heteroatoms. The van der Waals surface area contributed by atoms with Crippen molar-refractivity contribution in [2.24, 2.45) is 0 Å². The first kappa shape index (κ1) is 13.9. The zero-order chi connectivity index (χ0) is 14.9. The average Bonchev–Trinajstić information content (AvgIpc) is 2.39. The summed E-state index contributed by atoms with van der Waals surface area (Å²) in [4.78, 5) is 27.4. The highest BCUT2D eigenvalue weighted by Crippen LogP contribution is 2.12. The van der Waals surface area contributed by atoms with Gasteiger partial charge in [-0.15, -0.1) is 0 Å². The van der Waals surface area contributed by atoms with Crippen LogP contribution in [0.25, 0.3) is 5.82 Å². The summed E-state index contributed by atoms with van der Waals surface area (Å²) in [6, 6.07) is 4.75. The van der Waals surface area contributed by atoms with Crippen LogP contribution in [0.2, 0.25) is 0 Å². The predicted octanol–water partition coefficient (Wildman–Crippen LogP) is 1.76. The molecule has 20 heavy (non-hydrogen) atoms. The Balaban J connectivity index is 2.71. The van der Waals surface area contributed by atoms with Crippen LogP contribution < -0.4 is 5.56 Å². The standard InChI is InChI=1S/C14H15N3O3/c1-8(2)11-6-10(14(19)20)13(18)17(16-11)12-5-4-9(3)7-15-12/h4-8H,1-3H3,(H,19,20). The molecule has 0 aromatic carbocycles. The van der Waals surface area contributed by atoms with Crippen molar-refractivity contribution in [1.82, 2.24) is 14.8 Å². The van der Waals surface area contributed by atoms with Gasteiger partial charge >= 0.3 is 5.97 Å². The maximum atomic E-state index is 12.2. The smallest absolute Gasteiger partial charge is 0.341 e. The molecule has 0 aliphatic heterocycles. The van der Waals surface area contributed by atoms with Crippen LogP contribution in [0.15, 0.2) is 29.2 Å². The summed E-state index contributed by atoms with van der Waals surface area (Å²) in [7, 11) is 0. The second-order valence-electron chi connectivity index (χ2n) is 4.85. The Morgan fingerprint density at radius 3 is 2.55 bits per heavy atom. The summed E-state index contributed by atoms with van der Waals surface area (Å²) < 4.78 is 1.04. The molecule has 0 atom stereocenters. The molecule has 0 saturated heterocycles. The molecule has 0 amide bonds. The Morgan fingerprint density at radius 2 is 2.05 bits per heavy atom. The van der Waals surface area contributed by atoms with Gasteiger partial charge in [-0.3, -0.25) is 4.79 Å². The summed E-state index contributed by atoms with van der Waals surface area (Å²) in [5.74, 6) is -0.948. The van der Waals surface area contributed by atoms with Gasteiger partial charge in [-0.05, 0) is 30.5 Å². The van der Waals surface area contributed by atoms with Gasteiger partial charge in [-0.25, -0.2) is 9.78 Å². The lowest BCUT2D eigenvalue weighted by Crippen LogP contribution is -2.29. The lowest BCUT2D eigenvalue weighted by atomic mass is 10.1. The molecule has 0 saturated carbocycles. The molecule has 0 unspecified atom stereocenters. The Kier molecular flexibility index (Phi) is 3.65.